The van der Waals surface area contributed by atoms with E-state index in [9.17, 15) is 4.79 Å². The monoisotopic (exact) mass is 304 g/mol. The summed E-state index contributed by atoms with van der Waals surface area (Å²) < 4.78 is 0.991. The molecule has 0 amide bonds. The third kappa shape index (κ3) is 4.87. The van der Waals surface area contributed by atoms with Crippen LogP contribution in [0.25, 0.3) is 6.08 Å². The molecule has 0 aliphatic carbocycles. The van der Waals surface area contributed by atoms with E-state index < -0.39 is 0 Å². The molecule has 1 nitrogen and oxygen atoms in total. The minimum atomic E-state index is 0.125. The highest BCUT2D eigenvalue weighted by Crippen LogP contribution is 2.22. The Morgan fingerprint density at radius 3 is 3.00 bits per heavy atom. The molecule has 80 valence electrons. The van der Waals surface area contributed by atoms with Gasteiger partial charge < -0.3 is 0 Å². The van der Waals surface area contributed by atoms with Gasteiger partial charge in [-0.25, -0.2) is 0 Å². The van der Waals surface area contributed by atoms with Gasteiger partial charge in [-0.2, -0.15) is 0 Å². The largest absolute Gasteiger partial charge is 0.288 e. The summed E-state index contributed by atoms with van der Waals surface area (Å²) in [6.07, 6.45) is 3.85. The zero-order valence-corrected chi connectivity index (χ0v) is 11.3. The topological polar surface area (TPSA) is 17.1 Å². The second kappa shape index (κ2) is 6.36. The zero-order chi connectivity index (χ0) is 11.3. The first kappa shape index (κ1) is 12.8. The van der Waals surface area contributed by atoms with Crippen molar-refractivity contribution in [2.45, 2.75) is 6.92 Å². The first-order valence-corrected chi connectivity index (χ1v) is 6.50. The number of rotatable bonds is 3. The van der Waals surface area contributed by atoms with Crippen LogP contribution in [0.15, 0.2) is 28.7 Å². The van der Waals surface area contributed by atoms with E-state index in [2.05, 4.69) is 15.9 Å². The molecular weight excluding hydrogens is 296 g/mol. The maximum absolute atomic E-state index is 10.7. The van der Waals surface area contributed by atoms with E-state index in [4.69, 9.17) is 11.6 Å². The number of carbonyl (C=O) groups excluding carboxylic acids is 1. The van der Waals surface area contributed by atoms with Crippen LogP contribution in [0.2, 0.25) is 5.02 Å². The second-order valence-corrected chi connectivity index (χ2v) is 5.39. The fraction of sp³-hybridized carbons (Fsp3) is 0.182. The van der Waals surface area contributed by atoms with Crippen LogP contribution in [0.4, 0.5) is 0 Å². The summed E-state index contributed by atoms with van der Waals surface area (Å²) in [4.78, 5) is 10.7. The van der Waals surface area contributed by atoms with E-state index in [0.717, 1.165) is 10.0 Å². The van der Waals surface area contributed by atoms with Crippen LogP contribution >= 0.6 is 39.3 Å². The minimum Gasteiger partial charge on any atom is -0.288 e. The predicted octanol–water partition coefficient (Wildman–Crippen LogP) is 4.40. The lowest BCUT2D eigenvalue weighted by Crippen LogP contribution is -1.82. The molecule has 1 rings (SSSR count). The molecule has 0 atom stereocenters. The Morgan fingerprint density at radius 2 is 2.33 bits per heavy atom. The number of thioether (sulfide) groups is 1. The Labute approximate surface area is 107 Å². The van der Waals surface area contributed by atoms with E-state index in [1.54, 1.807) is 6.92 Å². The molecule has 0 radical (unpaired) electrons. The number of hydrogen-bond donors (Lipinski definition) is 0. The minimum absolute atomic E-state index is 0.125. The average molecular weight is 306 g/mol. The molecule has 15 heavy (non-hydrogen) atoms. The molecule has 0 N–H and O–H groups in total. The highest BCUT2D eigenvalue weighted by Gasteiger charge is 1.97. The lowest BCUT2D eigenvalue weighted by molar-refractivity contribution is -0.109. The lowest BCUT2D eigenvalue weighted by atomic mass is 10.2. The molecule has 0 saturated heterocycles. The van der Waals surface area contributed by atoms with Crippen molar-refractivity contribution in [3.63, 3.8) is 0 Å². The van der Waals surface area contributed by atoms with Crippen molar-refractivity contribution >= 4 is 50.5 Å². The van der Waals surface area contributed by atoms with Crippen LogP contribution in [-0.2, 0) is 4.79 Å². The first-order valence-electron chi connectivity index (χ1n) is 4.34. The normalized spacial score (nSPS) is 10.9. The summed E-state index contributed by atoms with van der Waals surface area (Å²) >= 11 is 10.6. The van der Waals surface area contributed by atoms with Crippen molar-refractivity contribution in [2.24, 2.45) is 0 Å². The van der Waals surface area contributed by atoms with Crippen molar-refractivity contribution in [1.82, 2.24) is 0 Å². The van der Waals surface area contributed by atoms with Gasteiger partial charge in [0, 0.05) is 22.2 Å². The van der Waals surface area contributed by atoms with E-state index in [0.29, 0.717) is 10.8 Å². The molecule has 0 aromatic heterocycles. The molecule has 0 spiro atoms. The Morgan fingerprint density at radius 1 is 1.60 bits per heavy atom. The summed E-state index contributed by atoms with van der Waals surface area (Å²) in [6.45, 7) is 1.56. The van der Waals surface area contributed by atoms with Gasteiger partial charge in [-0.3, -0.25) is 4.79 Å². The Balaban J connectivity index is 2.63. The van der Waals surface area contributed by atoms with Gasteiger partial charge in [0.15, 0.2) is 5.12 Å². The van der Waals surface area contributed by atoms with Crippen molar-refractivity contribution < 1.29 is 4.79 Å². The molecule has 0 heterocycles. The maximum atomic E-state index is 10.7. The molecule has 1 aromatic rings. The van der Waals surface area contributed by atoms with Gasteiger partial charge in [0.05, 0.1) is 0 Å². The van der Waals surface area contributed by atoms with Crippen molar-refractivity contribution in [2.75, 3.05) is 5.75 Å². The van der Waals surface area contributed by atoms with Crippen LogP contribution < -0.4 is 0 Å². The first-order chi connectivity index (χ1) is 7.09. The van der Waals surface area contributed by atoms with E-state index in [1.165, 1.54) is 11.8 Å². The number of hydrogen-bond acceptors (Lipinski definition) is 2. The van der Waals surface area contributed by atoms with Crippen molar-refractivity contribution in [3.05, 3.63) is 39.3 Å². The lowest BCUT2D eigenvalue weighted by Gasteiger charge is -1.98. The van der Waals surface area contributed by atoms with Crippen LogP contribution in [0.5, 0.6) is 0 Å². The molecular formula is C11H10BrClOS. The van der Waals surface area contributed by atoms with Gasteiger partial charge in [-0.1, -0.05) is 51.4 Å². The highest BCUT2D eigenvalue weighted by molar-refractivity contribution is 9.10. The molecule has 0 unspecified atom stereocenters. The summed E-state index contributed by atoms with van der Waals surface area (Å²) in [5.41, 5.74) is 0.954. The van der Waals surface area contributed by atoms with Crippen molar-refractivity contribution in [1.29, 1.82) is 0 Å². The van der Waals surface area contributed by atoms with Crippen LogP contribution in [0.1, 0.15) is 12.5 Å². The number of benzene rings is 1. The molecule has 0 saturated carbocycles. The van der Waals surface area contributed by atoms with Crippen molar-refractivity contribution in [3.8, 4) is 0 Å². The standard InChI is InChI=1S/C11H10BrClOS/c1-8(14)15-6-2-3-9-7-10(12)4-5-11(9)13/h2-5,7H,6H2,1H3. The Bertz CT molecular complexity index is 390. The number of carbonyl (C=O) groups is 1. The Kier molecular flexibility index (Phi) is 5.43. The zero-order valence-electron chi connectivity index (χ0n) is 8.17. The summed E-state index contributed by atoms with van der Waals surface area (Å²) in [5.74, 6) is 0.679. The van der Waals surface area contributed by atoms with Gasteiger partial charge in [-0.05, 0) is 23.8 Å². The summed E-state index contributed by atoms with van der Waals surface area (Å²) in [7, 11) is 0. The van der Waals surface area contributed by atoms with Crippen LogP contribution in [0.3, 0.4) is 0 Å². The van der Waals surface area contributed by atoms with E-state index in [1.807, 2.05) is 30.4 Å². The summed E-state index contributed by atoms with van der Waals surface area (Å²) in [5, 5.41) is 0.835. The van der Waals surface area contributed by atoms with E-state index in [-0.39, 0.29) is 5.12 Å². The van der Waals surface area contributed by atoms with Gasteiger partial charge in [0.1, 0.15) is 0 Å². The quantitative estimate of drug-likeness (QED) is 0.823. The van der Waals surface area contributed by atoms with Gasteiger partial charge in [0.2, 0.25) is 0 Å². The maximum Gasteiger partial charge on any atom is 0.186 e. The smallest absolute Gasteiger partial charge is 0.186 e. The molecule has 0 bridgehead atoms. The van der Waals surface area contributed by atoms with Gasteiger partial charge in [-0.15, -0.1) is 0 Å². The van der Waals surface area contributed by atoms with E-state index >= 15 is 0 Å². The molecule has 0 aliphatic heterocycles. The highest BCUT2D eigenvalue weighted by atomic mass is 79.9. The molecule has 1 aromatic carbocycles. The average Bonchev–Trinajstić information content (AvgIpc) is 2.17. The molecule has 4 heteroatoms. The van der Waals surface area contributed by atoms with Gasteiger partial charge in [0.25, 0.3) is 0 Å². The third-order valence-electron chi connectivity index (χ3n) is 1.64. The fourth-order valence-electron chi connectivity index (χ4n) is 0.983. The Hall–Kier alpha value is -0.250. The SMILES string of the molecule is CC(=O)SCC=Cc1cc(Br)ccc1Cl. The van der Waals surface area contributed by atoms with Crippen LogP contribution in [0, 0.1) is 0 Å². The number of halogens is 2. The second-order valence-electron chi connectivity index (χ2n) is 2.87. The third-order valence-corrected chi connectivity index (χ3v) is 3.24. The summed E-state index contributed by atoms with van der Waals surface area (Å²) in [6, 6.07) is 5.67. The molecule has 0 aliphatic rings. The predicted molar refractivity (Wildman–Crippen MR) is 71.3 cm³/mol. The van der Waals surface area contributed by atoms with Crippen LogP contribution in [-0.4, -0.2) is 10.9 Å². The van der Waals surface area contributed by atoms with Gasteiger partial charge >= 0.3 is 0 Å². The fourth-order valence-corrected chi connectivity index (χ4v) is 1.97. The molecule has 0 fully saturated rings.